The molecule has 0 aromatic heterocycles. The zero-order valence-electron chi connectivity index (χ0n) is 8.79. The molecule has 0 saturated heterocycles. The van der Waals surface area contributed by atoms with Gasteiger partial charge in [0.05, 0.1) is 0 Å². The number of hydrogen-bond acceptors (Lipinski definition) is 1. The highest BCUT2D eigenvalue weighted by molar-refractivity contribution is 7.91. The van der Waals surface area contributed by atoms with Crippen LogP contribution in [0.25, 0.3) is 0 Å². The number of hydrogen-bond donors (Lipinski definition) is 0. The normalized spacial score (nSPS) is 11.0. The highest BCUT2D eigenvalue weighted by atomic mass is 32.2. The Kier molecular flexibility index (Phi) is 3.58. The van der Waals surface area contributed by atoms with Crippen LogP contribution in [0.2, 0.25) is 0 Å². The molecule has 2 aromatic rings. The summed E-state index contributed by atoms with van der Waals surface area (Å²) < 4.78 is 63.7. The third kappa shape index (κ3) is 2.83. The molecule has 0 amide bonds. The summed E-state index contributed by atoms with van der Waals surface area (Å²) in [5.41, 5.74) is 0. The predicted molar refractivity (Wildman–Crippen MR) is 57.4 cm³/mol. The van der Waals surface area contributed by atoms with E-state index in [4.69, 9.17) is 0 Å². The zero-order valence-corrected chi connectivity index (χ0v) is 9.61. The first-order valence-corrected chi connectivity index (χ1v) is 5.94. The quantitative estimate of drug-likeness (QED) is 0.608. The van der Waals surface area contributed by atoms with Gasteiger partial charge in [-0.25, -0.2) is 17.6 Å². The number of benzene rings is 2. The lowest BCUT2D eigenvalue weighted by atomic mass is 10.3. The molecule has 0 saturated carbocycles. The molecule has 0 aliphatic heterocycles. The minimum absolute atomic E-state index is 0.197. The Morgan fingerprint density at radius 3 is 1.17 bits per heavy atom. The van der Waals surface area contributed by atoms with Gasteiger partial charge < -0.3 is 4.55 Å². The molecule has 18 heavy (non-hydrogen) atoms. The van der Waals surface area contributed by atoms with Crippen LogP contribution in [-0.2, 0) is 11.2 Å². The second-order valence-electron chi connectivity index (χ2n) is 3.48. The smallest absolute Gasteiger partial charge is 0.164 e. The molecular weight excluding hydrogens is 268 g/mol. The first-order chi connectivity index (χ1) is 8.45. The Morgan fingerprint density at radius 2 is 0.889 bits per heavy atom. The Morgan fingerprint density at radius 1 is 0.611 bits per heavy atom. The standard InChI is InChI=1S/C12H6F4OS/c13-7-1-8(14)4-11(3-7)18(17)12-5-9(15)2-10(16)6-12/h1-6H. The summed E-state index contributed by atoms with van der Waals surface area (Å²) in [6, 6.07) is 4.63. The Bertz CT molecular complexity index is 496. The molecule has 0 N–H and O–H groups in total. The molecule has 2 aromatic carbocycles. The van der Waals surface area contributed by atoms with E-state index in [0.717, 1.165) is 24.3 Å². The summed E-state index contributed by atoms with van der Waals surface area (Å²) in [5.74, 6) is -3.63. The third-order valence-electron chi connectivity index (χ3n) is 2.10. The summed E-state index contributed by atoms with van der Waals surface area (Å²) >= 11 is -2.05. The monoisotopic (exact) mass is 274 g/mol. The van der Waals surface area contributed by atoms with Crippen molar-refractivity contribution < 1.29 is 22.1 Å². The molecule has 0 atom stereocenters. The van der Waals surface area contributed by atoms with Gasteiger partial charge in [0.15, 0.2) is 9.79 Å². The number of rotatable bonds is 2. The van der Waals surface area contributed by atoms with Gasteiger partial charge in [0.1, 0.15) is 23.3 Å². The Hall–Kier alpha value is -1.53. The third-order valence-corrected chi connectivity index (χ3v) is 3.43. The van der Waals surface area contributed by atoms with Gasteiger partial charge in [0.25, 0.3) is 0 Å². The van der Waals surface area contributed by atoms with Gasteiger partial charge in [0.2, 0.25) is 0 Å². The molecule has 0 heterocycles. The van der Waals surface area contributed by atoms with Crippen LogP contribution in [0.1, 0.15) is 0 Å². The maximum Gasteiger partial charge on any atom is 0.164 e. The van der Waals surface area contributed by atoms with Crippen molar-refractivity contribution in [1.29, 1.82) is 0 Å². The number of halogens is 4. The van der Waals surface area contributed by atoms with Crippen LogP contribution in [0.5, 0.6) is 0 Å². The van der Waals surface area contributed by atoms with Crippen molar-refractivity contribution in [2.45, 2.75) is 9.79 Å². The summed E-state index contributed by atoms with van der Waals surface area (Å²) in [6.07, 6.45) is 0. The summed E-state index contributed by atoms with van der Waals surface area (Å²) in [7, 11) is 0. The van der Waals surface area contributed by atoms with Gasteiger partial charge in [-0.2, -0.15) is 0 Å². The average Bonchev–Trinajstić information content (AvgIpc) is 2.25. The Labute approximate surface area is 103 Å². The van der Waals surface area contributed by atoms with Crippen molar-refractivity contribution in [3.63, 3.8) is 0 Å². The molecule has 0 spiro atoms. The fraction of sp³-hybridized carbons (Fsp3) is 0. The van der Waals surface area contributed by atoms with Crippen molar-refractivity contribution in [2.75, 3.05) is 0 Å². The van der Waals surface area contributed by atoms with Crippen molar-refractivity contribution in [1.82, 2.24) is 0 Å². The van der Waals surface area contributed by atoms with Crippen molar-refractivity contribution in [2.24, 2.45) is 0 Å². The van der Waals surface area contributed by atoms with E-state index in [2.05, 4.69) is 0 Å². The van der Waals surface area contributed by atoms with Crippen LogP contribution < -0.4 is 0 Å². The van der Waals surface area contributed by atoms with Crippen LogP contribution in [-0.4, -0.2) is 4.55 Å². The summed E-state index contributed by atoms with van der Waals surface area (Å²) in [5, 5.41) is 0. The highest BCUT2D eigenvalue weighted by Crippen LogP contribution is 2.23. The van der Waals surface area contributed by atoms with E-state index in [1.807, 2.05) is 0 Å². The molecule has 1 nitrogen and oxygen atoms in total. The SMILES string of the molecule is [O-][S+](c1cc(F)cc(F)c1)c1cc(F)cc(F)c1. The minimum atomic E-state index is -2.05. The largest absolute Gasteiger partial charge is 0.606 e. The van der Waals surface area contributed by atoms with Crippen molar-refractivity contribution in [3.05, 3.63) is 59.7 Å². The highest BCUT2D eigenvalue weighted by Gasteiger charge is 2.19. The molecule has 0 unspecified atom stereocenters. The van der Waals surface area contributed by atoms with Crippen LogP contribution in [0.15, 0.2) is 46.2 Å². The lowest BCUT2D eigenvalue weighted by Crippen LogP contribution is -2.04. The first-order valence-electron chi connectivity index (χ1n) is 4.79. The first kappa shape index (κ1) is 12.9. The Balaban J connectivity index is 2.43. The molecule has 0 aliphatic carbocycles. The van der Waals surface area contributed by atoms with Crippen molar-refractivity contribution >= 4 is 11.2 Å². The predicted octanol–water partition coefficient (Wildman–Crippen LogP) is 3.41. The second kappa shape index (κ2) is 4.99. The van der Waals surface area contributed by atoms with Crippen LogP contribution in [0.4, 0.5) is 17.6 Å². The van der Waals surface area contributed by atoms with Gasteiger partial charge in [0, 0.05) is 47.6 Å². The van der Waals surface area contributed by atoms with Crippen molar-refractivity contribution in [3.8, 4) is 0 Å². The molecule has 0 radical (unpaired) electrons. The fourth-order valence-corrected chi connectivity index (χ4v) is 2.56. The van der Waals surface area contributed by atoms with E-state index < -0.39 is 34.4 Å². The lowest BCUT2D eigenvalue weighted by molar-refractivity contribution is 0.560. The molecule has 94 valence electrons. The van der Waals surface area contributed by atoms with Crippen LogP contribution in [0, 0.1) is 23.3 Å². The topological polar surface area (TPSA) is 23.1 Å². The van der Waals surface area contributed by atoms with E-state index in [1.54, 1.807) is 0 Å². The van der Waals surface area contributed by atoms with Gasteiger partial charge in [-0.3, -0.25) is 0 Å². The van der Waals surface area contributed by atoms with Crippen LogP contribution in [0.3, 0.4) is 0 Å². The molecule has 2 rings (SSSR count). The lowest BCUT2D eigenvalue weighted by Gasteiger charge is -2.10. The second-order valence-corrected chi connectivity index (χ2v) is 4.96. The summed E-state index contributed by atoms with van der Waals surface area (Å²) in [4.78, 5) is -0.394. The van der Waals surface area contributed by atoms with E-state index >= 15 is 0 Å². The fourth-order valence-electron chi connectivity index (χ4n) is 1.41. The molecular formula is C12H6F4OS. The van der Waals surface area contributed by atoms with Gasteiger partial charge in [-0.1, -0.05) is 0 Å². The maximum atomic E-state index is 12.9. The molecule has 0 aliphatic rings. The van der Waals surface area contributed by atoms with E-state index in [9.17, 15) is 22.1 Å². The van der Waals surface area contributed by atoms with Crippen LogP contribution >= 0.6 is 0 Å². The molecule has 0 fully saturated rings. The maximum absolute atomic E-state index is 12.9. The van der Waals surface area contributed by atoms with Gasteiger partial charge in [-0.05, 0) is 0 Å². The summed E-state index contributed by atoms with van der Waals surface area (Å²) in [6.45, 7) is 0. The molecule has 6 heteroatoms. The van der Waals surface area contributed by atoms with Gasteiger partial charge >= 0.3 is 0 Å². The zero-order chi connectivity index (χ0) is 13.3. The minimum Gasteiger partial charge on any atom is -0.606 e. The molecule has 0 bridgehead atoms. The van der Waals surface area contributed by atoms with E-state index in [1.165, 1.54) is 0 Å². The average molecular weight is 274 g/mol. The van der Waals surface area contributed by atoms with E-state index in [0.29, 0.717) is 12.1 Å². The van der Waals surface area contributed by atoms with Gasteiger partial charge in [-0.15, -0.1) is 0 Å². The van der Waals surface area contributed by atoms with E-state index in [-0.39, 0.29) is 9.79 Å².